The molecular weight excluding hydrogens is 895 g/mol. The van der Waals surface area contributed by atoms with E-state index in [0.29, 0.717) is 0 Å². The van der Waals surface area contributed by atoms with Gasteiger partial charge < -0.3 is 18.4 Å². The van der Waals surface area contributed by atoms with Crippen LogP contribution < -0.4 is 5.19 Å². The Morgan fingerprint density at radius 2 is 1.35 bits per heavy atom. The van der Waals surface area contributed by atoms with Crippen molar-refractivity contribution in [2.75, 3.05) is 0 Å². The van der Waals surface area contributed by atoms with Crippen molar-refractivity contribution in [3.63, 3.8) is 0 Å². The predicted molar refractivity (Wildman–Crippen MR) is 235 cm³/mol. The van der Waals surface area contributed by atoms with Gasteiger partial charge in [0.05, 0.1) is 36.2 Å². The predicted octanol–water partition coefficient (Wildman–Crippen LogP) is 13.0. The third-order valence-electron chi connectivity index (χ3n) is 9.95. The molecule has 10 rings (SSSR count). The van der Waals surface area contributed by atoms with Crippen LogP contribution in [0.15, 0.2) is 148 Å². The molecule has 0 bridgehead atoms. The molecule has 1 radical (unpaired) electrons. The van der Waals surface area contributed by atoms with Gasteiger partial charge in [0.1, 0.15) is 11.2 Å². The Hall–Kier alpha value is -5.59. The Morgan fingerprint density at radius 1 is 0.702 bits per heavy atom. The first-order valence-corrected chi connectivity index (χ1v) is 22.5. The largest absolute Gasteiger partial charge is 0.501 e. The number of furan rings is 2. The number of pyridine rings is 1. The minimum atomic E-state index is -1.70. The third kappa shape index (κ3) is 7.28. The van der Waals surface area contributed by atoms with Gasteiger partial charge >= 0.3 is 0 Å². The first-order chi connectivity index (χ1) is 27.8. The molecule has 285 valence electrons. The molecule has 6 aromatic carbocycles. The van der Waals surface area contributed by atoms with Crippen molar-refractivity contribution in [3.8, 4) is 28.3 Å². The van der Waals surface area contributed by atoms with Gasteiger partial charge in [-0.2, -0.15) is 0 Å². The summed E-state index contributed by atoms with van der Waals surface area (Å²) in [5, 5.41) is 5.40. The molecule has 10 aromatic rings. The van der Waals surface area contributed by atoms with Gasteiger partial charge in [-0.1, -0.05) is 124 Å². The molecule has 0 N–H and O–H groups in total. The quantitative estimate of drug-likeness (QED) is 0.127. The molecule has 0 saturated heterocycles. The Balaban J connectivity index is 0.000000177. The Bertz CT molecular complexity index is 3140. The van der Waals surface area contributed by atoms with E-state index in [1.807, 2.05) is 118 Å². The van der Waals surface area contributed by atoms with Gasteiger partial charge in [0, 0.05) is 45.2 Å². The maximum absolute atomic E-state index is 8.75. The summed E-state index contributed by atoms with van der Waals surface area (Å²) in [6, 6.07) is 51.0. The second kappa shape index (κ2) is 15.1. The van der Waals surface area contributed by atoms with Crippen LogP contribution >= 0.6 is 0 Å². The van der Waals surface area contributed by atoms with Gasteiger partial charge in [-0.25, -0.2) is 0 Å². The molecule has 0 fully saturated rings. The van der Waals surface area contributed by atoms with Crippen molar-refractivity contribution in [2.24, 2.45) is 5.41 Å². The molecule has 57 heavy (non-hydrogen) atoms. The number of rotatable bonds is 5. The smallest absolute Gasteiger partial charge is 0.158 e. The van der Waals surface area contributed by atoms with Crippen LogP contribution in [0.3, 0.4) is 0 Å². The van der Waals surface area contributed by atoms with Crippen molar-refractivity contribution in [2.45, 2.75) is 46.8 Å². The van der Waals surface area contributed by atoms with E-state index in [1.54, 1.807) is 0 Å². The number of benzene rings is 6. The van der Waals surface area contributed by atoms with Gasteiger partial charge in [-0.15, -0.1) is 54.1 Å². The van der Waals surface area contributed by atoms with Gasteiger partial charge in [0.15, 0.2) is 5.58 Å². The molecule has 4 heterocycles. The van der Waals surface area contributed by atoms with Crippen LogP contribution in [0.1, 0.15) is 29.1 Å². The summed E-state index contributed by atoms with van der Waals surface area (Å²) in [6.07, 6.45) is 0.469. The number of aromatic nitrogens is 3. The van der Waals surface area contributed by atoms with Crippen molar-refractivity contribution < 1.29 is 31.7 Å². The third-order valence-corrected chi connectivity index (χ3v) is 12.0. The maximum atomic E-state index is 8.75. The molecule has 0 aliphatic heterocycles. The molecule has 7 heteroatoms. The number of nitrogens with zero attached hydrogens (tertiary/aromatic N) is 3. The van der Waals surface area contributed by atoms with Crippen molar-refractivity contribution in [1.29, 1.82) is 0 Å². The minimum Gasteiger partial charge on any atom is -0.501 e. The van der Waals surface area contributed by atoms with E-state index in [1.165, 1.54) is 0 Å². The summed E-state index contributed by atoms with van der Waals surface area (Å²) in [7, 11) is -1.70. The zero-order chi connectivity index (χ0) is 40.4. The van der Waals surface area contributed by atoms with E-state index in [2.05, 4.69) is 83.8 Å². The molecule has 4 aromatic heterocycles. The molecule has 0 amide bonds. The Morgan fingerprint density at radius 3 is 2.05 bits per heavy atom. The second-order valence-corrected chi connectivity index (χ2v) is 21.3. The number of hydrogen-bond donors (Lipinski definition) is 0. The summed E-state index contributed by atoms with van der Waals surface area (Å²) in [4.78, 5) is 9.68. The first kappa shape index (κ1) is 35.8. The molecule has 0 saturated carbocycles. The van der Waals surface area contributed by atoms with Crippen molar-refractivity contribution in [1.82, 2.24) is 14.5 Å². The summed E-state index contributed by atoms with van der Waals surface area (Å²) in [5.74, 6) is 0.767. The molecular formula is C50H43IrN3O2Si-2. The van der Waals surface area contributed by atoms with Gasteiger partial charge in [0.25, 0.3) is 0 Å². The zero-order valence-corrected chi connectivity index (χ0v) is 36.2. The van der Waals surface area contributed by atoms with E-state index in [0.717, 1.165) is 94.0 Å². The molecule has 0 aliphatic rings. The monoisotopic (exact) mass is 940 g/mol. The van der Waals surface area contributed by atoms with Gasteiger partial charge in [-0.05, 0) is 53.0 Å². The summed E-state index contributed by atoms with van der Waals surface area (Å²) in [6.45, 7) is 12.6. The van der Waals surface area contributed by atoms with Gasteiger partial charge in [0.2, 0.25) is 0 Å². The van der Waals surface area contributed by atoms with E-state index < -0.39 is 19.9 Å². The zero-order valence-electron chi connectivity index (χ0n) is 34.8. The van der Waals surface area contributed by atoms with Crippen LogP contribution in [0.2, 0.25) is 19.6 Å². The Kier molecular flexibility index (Phi) is 9.45. The summed E-state index contributed by atoms with van der Waals surface area (Å²) in [5.41, 5.74) is 8.97. The summed E-state index contributed by atoms with van der Waals surface area (Å²) < 4.78 is 32.4. The van der Waals surface area contributed by atoms with Crippen LogP contribution in [0.4, 0.5) is 0 Å². The van der Waals surface area contributed by atoms with Crippen LogP contribution in [0.25, 0.3) is 83.2 Å². The standard InChI is InChI=1S/C31H17N2O2.C19H26NSi.Ir/c1-5-17-27-19(9-1)21-11-7-13-23(29(21)34-27)31-32-24-14-3-4-15-25(24)33(31)26-16-8-12-22-20-10-2-6-18-28(20)35-30(22)26;1-19(2,3)13-16-12-17(15-10-8-7-9-11-15)20-14-18(16)21(4,5)6;/h1-12,14-18H;7-10,12,14H,13H2,1-6H3;/q2*-1;/i;13D2;. The van der Waals surface area contributed by atoms with Crippen LogP contribution in [0, 0.1) is 17.5 Å². The first-order valence-electron chi connectivity index (χ1n) is 20.0. The average molecular weight is 940 g/mol. The fourth-order valence-electron chi connectivity index (χ4n) is 7.46. The summed E-state index contributed by atoms with van der Waals surface area (Å²) >= 11 is 0. The Labute approximate surface area is 350 Å². The van der Waals surface area contributed by atoms with E-state index in [-0.39, 0.29) is 20.1 Å². The van der Waals surface area contributed by atoms with E-state index in [9.17, 15) is 0 Å². The van der Waals surface area contributed by atoms with Crippen molar-refractivity contribution in [3.05, 3.63) is 157 Å². The van der Waals surface area contributed by atoms with E-state index in [4.69, 9.17) is 16.6 Å². The fourth-order valence-corrected chi connectivity index (χ4v) is 8.86. The minimum absolute atomic E-state index is 0. The second-order valence-electron chi connectivity index (χ2n) is 16.2. The number of imidazole rings is 1. The molecule has 0 spiro atoms. The molecule has 0 aliphatic carbocycles. The molecule has 5 nitrogen and oxygen atoms in total. The number of fused-ring (bicyclic) bond motifs is 7. The topological polar surface area (TPSA) is 57.0 Å². The average Bonchev–Trinajstić information content (AvgIpc) is 3.92. The number of para-hydroxylation sites is 5. The maximum Gasteiger partial charge on any atom is 0.158 e. The fraction of sp³-hybridized carbons (Fsp3) is 0.160. The van der Waals surface area contributed by atoms with Crippen LogP contribution in [-0.2, 0) is 26.5 Å². The normalized spacial score (nSPS) is 12.7. The van der Waals surface area contributed by atoms with Crippen LogP contribution in [-0.4, -0.2) is 22.6 Å². The molecule has 0 unspecified atom stereocenters. The van der Waals surface area contributed by atoms with E-state index >= 15 is 0 Å². The van der Waals surface area contributed by atoms with Crippen molar-refractivity contribution >= 4 is 68.2 Å². The SMILES string of the molecule is [2H]C([2H])(c1cc(-c2[c-]cccc2)ncc1[Si](C)(C)C)C(C)(C)C.[Ir].[c-]1ccc2c(oc3ccccc32)c1-c1nc2ccccc2n1-c1cccc2c1oc1ccccc12. The van der Waals surface area contributed by atoms with Gasteiger partial charge in [-0.3, -0.25) is 4.98 Å². The number of hydrogen-bond acceptors (Lipinski definition) is 4. The molecule has 0 atom stereocenters. The van der Waals surface area contributed by atoms with Crippen LogP contribution in [0.5, 0.6) is 0 Å².